The Balaban J connectivity index is 1.93. The summed E-state index contributed by atoms with van der Waals surface area (Å²) >= 11 is 3.45. The van der Waals surface area contributed by atoms with Gasteiger partial charge in [0.15, 0.2) is 0 Å². The van der Waals surface area contributed by atoms with Gasteiger partial charge in [0.1, 0.15) is 0 Å². The summed E-state index contributed by atoms with van der Waals surface area (Å²) in [6, 6.07) is 16.3. The molecule has 0 radical (unpaired) electrons. The third-order valence-corrected chi connectivity index (χ3v) is 4.33. The van der Waals surface area contributed by atoms with Gasteiger partial charge in [-0.15, -0.1) is 0 Å². The first-order valence-corrected chi connectivity index (χ1v) is 8.24. The van der Waals surface area contributed by atoms with E-state index in [9.17, 15) is 4.79 Å². The molecule has 0 spiro atoms. The smallest absolute Gasteiger partial charge is 0.224 e. The number of aryl methyl sites for hydroxylation is 1. The Morgan fingerprint density at radius 1 is 1.14 bits per heavy atom. The Hall–Kier alpha value is -1.61. The molecule has 0 heterocycles. The van der Waals surface area contributed by atoms with Crippen molar-refractivity contribution in [2.75, 3.05) is 6.54 Å². The van der Waals surface area contributed by atoms with E-state index >= 15 is 0 Å². The molecule has 2 nitrogen and oxygen atoms in total. The minimum absolute atomic E-state index is 0.0655. The number of benzene rings is 2. The first-order valence-electron chi connectivity index (χ1n) is 7.45. The molecule has 1 amide bonds. The summed E-state index contributed by atoms with van der Waals surface area (Å²) in [4.78, 5) is 12.1. The van der Waals surface area contributed by atoms with Gasteiger partial charge >= 0.3 is 0 Å². The Morgan fingerprint density at radius 3 is 2.45 bits per heavy atom. The van der Waals surface area contributed by atoms with Gasteiger partial charge < -0.3 is 5.32 Å². The van der Waals surface area contributed by atoms with E-state index in [2.05, 4.69) is 53.3 Å². The first kappa shape index (κ1) is 16.8. The van der Waals surface area contributed by atoms with Gasteiger partial charge in [-0.3, -0.25) is 4.79 Å². The lowest BCUT2D eigenvalue weighted by molar-refractivity contribution is -0.120. The SMILES string of the molecule is Cc1cccc(CC(=O)NCC(C)(C)c2ccc(Br)cc2)c1. The highest BCUT2D eigenvalue weighted by molar-refractivity contribution is 9.10. The maximum Gasteiger partial charge on any atom is 0.224 e. The van der Waals surface area contributed by atoms with Gasteiger partial charge in [-0.05, 0) is 30.2 Å². The minimum Gasteiger partial charge on any atom is -0.355 e. The molecule has 0 aliphatic heterocycles. The molecule has 0 bridgehead atoms. The molecule has 0 unspecified atom stereocenters. The van der Waals surface area contributed by atoms with Gasteiger partial charge in [0.05, 0.1) is 6.42 Å². The van der Waals surface area contributed by atoms with E-state index in [0.717, 1.165) is 10.0 Å². The Bertz CT molecular complexity index is 647. The predicted octanol–water partition coefficient (Wildman–Crippen LogP) is 4.39. The van der Waals surface area contributed by atoms with E-state index < -0.39 is 0 Å². The Kier molecular flexibility index (Phi) is 5.41. The molecule has 0 aliphatic carbocycles. The lowest BCUT2D eigenvalue weighted by Crippen LogP contribution is -2.37. The van der Waals surface area contributed by atoms with Crippen molar-refractivity contribution in [2.45, 2.75) is 32.6 Å². The molecule has 0 saturated heterocycles. The zero-order chi connectivity index (χ0) is 16.2. The number of halogens is 1. The number of hydrogen-bond acceptors (Lipinski definition) is 1. The predicted molar refractivity (Wildman–Crippen MR) is 95.1 cm³/mol. The molecule has 2 rings (SSSR count). The molecule has 3 heteroatoms. The summed E-state index contributed by atoms with van der Waals surface area (Å²) in [5.74, 6) is 0.0655. The second-order valence-corrected chi connectivity index (χ2v) is 7.25. The van der Waals surface area contributed by atoms with Crippen LogP contribution in [0.1, 0.15) is 30.5 Å². The number of hydrogen-bond donors (Lipinski definition) is 1. The van der Waals surface area contributed by atoms with Crippen molar-refractivity contribution in [1.29, 1.82) is 0 Å². The second kappa shape index (κ2) is 7.10. The van der Waals surface area contributed by atoms with Gasteiger partial charge in [0, 0.05) is 16.4 Å². The van der Waals surface area contributed by atoms with Gasteiger partial charge in [0.25, 0.3) is 0 Å². The van der Waals surface area contributed by atoms with Crippen LogP contribution in [0.15, 0.2) is 53.0 Å². The fraction of sp³-hybridized carbons (Fsp3) is 0.316. The summed E-state index contributed by atoms with van der Waals surface area (Å²) in [5.41, 5.74) is 3.36. The summed E-state index contributed by atoms with van der Waals surface area (Å²) in [7, 11) is 0. The summed E-state index contributed by atoms with van der Waals surface area (Å²) < 4.78 is 1.07. The third kappa shape index (κ3) is 4.70. The summed E-state index contributed by atoms with van der Waals surface area (Å²) in [6.45, 7) is 6.95. The lowest BCUT2D eigenvalue weighted by Gasteiger charge is -2.25. The first-order chi connectivity index (χ1) is 10.4. The van der Waals surface area contributed by atoms with E-state index in [-0.39, 0.29) is 11.3 Å². The van der Waals surface area contributed by atoms with Crippen molar-refractivity contribution < 1.29 is 4.79 Å². The van der Waals surface area contributed by atoms with E-state index in [1.807, 2.05) is 37.3 Å². The molecule has 0 saturated carbocycles. The second-order valence-electron chi connectivity index (χ2n) is 6.33. The highest BCUT2D eigenvalue weighted by Gasteiger charge is 2.21. The molecular weight excluding hydrogens is 338 g/mol. The van der Waals surface area contributed by atoms with E-state index in [0.29, 0.717) is 13.0 Å². The molecule has 22 heavy (non-hydrogen) atoms. The molecule has 116 valence electrons. The highest BCUT2D eigenvalue weighted by atomic mass is 79.9. The van der Waals surface area contributed by atoms with Crippen LogP contribution in [-0.2, 0) is 16.6 Å². The van der Waals surface area contributed by atoms with Crippen LogP contribution in [0.3, 0.4) is 0 Å². The Labute approximate surface area is 141 Å². The van der Waals surface area contributed by atoms with Crippen LogP contribution in [-0.4, -0.2) is 12.5 Å². The van der Waals surface area contributed by atoms with Gasteiger partial charge in [0.2, 0.25) is 5.91 Å². The average molecular weight is 360 g/mol. The monoisotopic (exact) mass is 359 g/mol. The highest BCUT2D eigenvalue weighted by Crippen LogP contribution is 2.24. The number of nitrogens with one attached hydrogen (secondary N) is 1. The van der Waals surface area contributed by atoms with Crippen LogP contribution < -0.4 is 5.32 Å². The van der Waals surface area contributed by atoms with Crippen molar-refractivity contribution in [2.24, 2.45) is 0 Å². The maximum absolute atomic E-state index is 12.1. The number of amides is 1. The average Bonchev–Trinajstić information content (AvgIpc) is 2.46. The van der Waals surface area contributed by atoms with Crippen molar-refractivity contribution in [1.82, 2.24) is 5.32 Å². The van der Waals surface area contributed by atoms with Gasteiger partial charge in [-0.25, -0.2) is 0 Å². The standard InChI is InChI=1S/C19H22BrNO/c1-14-5-4-6-15(11-14)12-18(22)21-13-19(2,3)16-7-9-17(20)10-8-16/h4-11H,12-13H2,1-3H3,(H,21,22). The summed E-state index contributed by atoms with van der Waals surface area (Å²) in [6.07, 6.45) is 0.429. The van der Waals surface area contributed by atoms with Crippen LogP contribution in [0, 0.1) is 6.92 Å². The normalized spacial score (nSPS) is 11.3. The molecule has 0 aliphatic rings. The molecule has 1 N–H and O–H groups in total. The van der Waals surface area contributed by atoms with Crippen LogP contribution in [0.2, 0.25) is 0 Å². The zero-order valence-corrected chi connectivity index (χ0v) is 14.9. The molecule has 0 aromatic heterocycles. The minimum atomic E-state index is -0.0943. The fourth-order valence-corrected chi connectivity index (χ4v) is 2.66. The van der Waals surface area contributed by atoms with Crippen molar-refractivity contribution in [3.63, 3.8) is 0 Å². The maximum atomic E-state index is 12.1. The molecule has 0 fully saturated rings. The Morgan fingerprint density at radius 2 is 1.82 bits per heavy atom. The van der Waals surface area contributed by atoms with Crippen LogP contribution >= 0.6 is 15.9 Å². The molecule has 2 aromatic rings. The number of rotatable bonds is 5. The molecular formula is C19H22BrNO. The fourth-order valence-electron chi connectivity index (χ4n) is 2.39. The van der Waals surface area contributed by atoms with Gasteiger partial charge in [-0.1, -0.05) is 71.7 Å². The lowest BCUT2D eigenvalue weighted by atomic mass is 9.84. The molecule has 0 atom stereocenters. The third-order valence-electron chi connectivity index (χ3n) is 3.80. The van der Waals surface area contributed by atoms with E-state index in [1.54, 1.807) is 0 Å². The number of carbonyl (C=O) groups excluding carboxylic acids is 1. The van der Waals surface area contributed by atoms with Crippen LogP contribution in [0.25, 0.3) is 0 Å². The van der Waals surface area contributed by atoms with Gasteiger partial charge in [-0.2, -0.15) is 0 Å². The van der Waals surface area contributed by atoms with Crippen molar-refractivity contribution >= 4 is 21.8 Å². The van der Waals surface area contributed by atoms with Crippen molar-refractivity contribution in [3.8, 4) is 0 Å². The topological polar surface area (TPSA) is 29.1 Å². The van der Waals surface area contributed by atoms with E-state index in [1.165, 1.54) is 11.1 Å². The quantitative estimate of drug-likeness (QED) is 0.842. The summed E-state index contributed by atoms with van der Waals surface area (Å²) in [5, 5.41) is 3.05. The van der Waals surface area contributed by atoms with E-state index in [4.69, 9.17) is 0 Å². The van der Waals surface area contributed by atoms with Crippen LogP contribution in [0.5, 0.6) is 0 Å². The van der Waals surface area contributed by atoms with Crippen molar-refractivity contribution in [3.05, 3.63) is 69.7 Å². The molecule has 2 aromatic carbocycles. The zero-order valence-electron chi connectivity index (χ0n) is 13.3. The number of carbonyl (C=O) groups is 1. The van der Waals surface area contributed by atoms with Crippen LogP contribution in [0.4, 0.5) is 0 Å². The largest absolute Gasteiger partial charge is 0.355 e.